The summed E-state index contributed by atoms with van der Waals surface area (Å²) < 4.78 is 30.8. The lowest BCUT2D eigenvalue weighted by Gasteiger charge is -2.39. The number of halogens is 2. The molecule has 2 aromatic rings. The Balaban J connectivity index is 1.10. The summed E-state index contributed by atoms with van der Waals surface area (Å²) >= 11 is 0. The third-order valence-corrected chi connectivity index (χ3v) is 9.32. The second-order valence-corrected chi connectivity index (χ2v) is 12.1. The molecule has 42 heavy (non-hydrogen) atoms. The zero-order valence-electron chi connectivity index (χ0n) is 25.2. The van der Waals surface area contributed by atoms with Crippen molar-refractivity contribution in [1.29, 1.82) is 0 Å². The number of hydrogen-bond acceptors (Lipinski definition) is 6. The van der Waals surface area contributed by atoms with Crippen molar-refractivity contribution in [1.82, 2.24) is 9.88 Å². The average Bonchev–Trinajstić information content (AvgIpc) is 3.65. The smallest absolute Gasteiger partial charge is 0.167 e. The quantitative estimate of drug-likeness (QED) is 0.345. The minimum atomic E-state index is -0.272. The van der Waals surface area contributed by atoms with Crippen LogP contribution in [-0.2, 0) is 0 Å². The van der Waals surface area contributed by atoms with Crippen LogP contribution in [0.4, 0.5) is 31.8 Å². The third-order valence-electron chi connectivity index (χ3n) is 9.32. The number of anilines is 4. The predicted molar refractivity (Wildman–Crippen MR) is 170 cm³/mol. The molecule has 0 N–H and O–H groups in total. The zero-order valence-corrected chi connectivity index (χ0v) is 25.2. The predicted octanol–water partition coefficient (Wildman–Crippen LogP) is 6.80. The highest BCUT2D eigenvalue weighted by Crippen LogP contribution is 2.40. The van der Waals surface area contributed by atoms with E-state index in [1.807, 2.05) is 12.1 Å². The normalized spacial score (nSPS) is 21.4. The Morgan fingerprint density at radius 2 is 1.71 bits per heavy atom. The van der Waals surface area contributed by atoms with E-state index in [1.165, 1.54) is 5.57 Å². The Kier molecular flexibility index (Phi) is 8.26. The molecule has 5 heterocycles. The Bertz CT molecular complexity index is 1380. The minimum Gasteiger partial charge on any atom is -0.367 e. The molecule has 6 rings (SSSR count). The summed E-state index contributed by atoms with van der Waals surface area (Å²) in [4.78, 5) is 16.0. The number of hydrogen-bond donors (Lipinski definition) is 0. The van der Waals surface area contributed by atoms with E-state index in [2.05, 4.69) is 57.7 Å². The highest BCUT2D eigenvalue weighted by Gasteiger charge is 2.34. The number of aromatic nitrogens is 1. The van der Waals surface area contributed by atoms with Gasteiger partial charge in [-0.1, -0.05) is 33.4 Å². The van der Waals surface area contributed by atoms with E-state index in [1.54, 1.807) is 12.1 Å². The van der Waals surface area contributed by atoms with Gasteiger partial charge < -0.3 is 19.6 Å². The van der Waals surface area contributed by atoms with Crippen LogP contribution in [0.5, 0.6) is 0 Å². The molecule has 6 nitrogen and oxygen atoms in total. The third kappa shape index (κ3) is 5.41. The number of rotatable bonds is 8. The molecule has 4 aliphatic heterocycles. The van der Waals surface area contributed by atoms with Crippen LogP contribution in [0, 0.1) is 11.6 Å². The molecule has 1 unspecified atom stereocenters. The van der Waals surface area contributed by atoms with E-state index < -0.39 is 0 Å². The first-order valence-electron chi connectivity index (χ1n) is 15.7. The SMILES string of the molecule is C=C1C(CCC)=CN(CCC)c2nc(N3CCC(N4CCN(c5ccc(N6CCCC6=C)cc5F)CC4)C3)c(F)cc21. The molecule has 0 spiro atoms. The van der Waals surface area contributed by atoms with Crippen molar-refractivity contribution in [3.63, 3.8) is 0 Å². The highest BCUT2D eigenvalue weighted by molar-refractivity contribution is 5.88. The first-order valence-corrected chi connectivity index (χ1v) is 15.7. The molecule has 224 valence electrons. The van der Waals surface area contributed by atoms with Crippen LogP contribution in [0.2, 0.25) is 0 Å². The van der Waals surface area contributed by atoms with E-state index in [4.69, 9.17) is 4.98 Å². The van der Waals surface area contributed by atoms with Crippen molar-refractivity contribution in [3.8, 4) is 0 Å². The molecule has 1 atom stereocenters. The summed E-state index contributed by atoms with van der Waals surface area (Å²) in [5.74, 6) is 0.820. The average molecular weight is 575 g/mol. The number of nitrogens with zero attached hydrogens (tertiary/aromatic N) is 6. The largest absolute Gasteiger partial charge is 0.367 e. The Morgan fingerprint density at radius 3 is 2.40 bits per heavy atom. The fourth-order valence-corrected chi connectivity index (χ4v) is 7.06. The van der Waals surface area contributed by atoms with Crippen LogP contribution in [0.25, 0.3) is 5.57 Å². The van der Waals surface area contributed by atoms with Crippen LogP contribution in [0.3, 0.4) is 0 Å². The topological polar surface area (TPSA) is 29.1 Å². The fraction of sp³-hybridized carbons (Fsp3) is 0.500. The van der Waals surface area contributed by atoms with Crippen molar-refractivity contribution >= 4 is 28.6 Å². The molecule has 8 heteroatoms. The van der Waals surface area contributed by atoms with Crippen LogP contribution < -0.4 is 19.6 Å². The van der Waals surface area contributed by atoms with Gasteiger partial charge in [0.2, 0.25) is 0 Å². The van der Waals surface area contributed by atoms with Crippen LogP contribution >= 0.6 is 0 Å². The van der Waals surface area contributed by atoms with Crippen molar-refractivity contribution in [2.45, 2.75) is 58.4 Å². The maximum absolute atomic E-state index is 15.6. The van der Waals surface area contributed by atoms with Crippen molar-refractivity contribution in [2.75, 3.05) is 72.0 Å². The van der Waals surface area contributed by atoms with Crippen molar-refractivity contribution < 1.29 is 8.78 Å². The summed E-state index contributed by atoms with van der Waals surface area (Å²) in [6.07, 6.45) is 8.11. The molecule has 0 aliphatic carbocycles. The molecular weight excluding hydrogens is 530 g/mol. The van der Waals surface area contributed by atoms with Gasteiger partial charge in [0.15, 0.2) is 11.6 Å². The zero-order chi connectivity index (χ0) is 29.4. The van der Waals surface area contributed by atoms with Gasteiger partial charge in [-0.05, 0) is 67.5 Å². The molecule has 0 bridgehead atoms. The van der Waals surface area contributed by atoms with Gasteiger partial charge in [0, 0.05) is 81.5 Å². The maximum Gasteiger partial charge on any atom is 0.167 e. The lowest BCUT2D eigenvalue weighted by molar-refractivity contribution is 0.197. The molecule has 0 saturated carbocycles. The molecule has 3 saturated heterocycles. The molecule has 0 amide bonds. The van der Waals surface area contributed by atoms with E-state index >= 15 is 8.78 Å². The number of pyridine rings is 1. The van der Waals surface area contributed by atoms with Gasteiger partial charge in [0.25, 0.3) is 0 Å². The van der Waals surface area contributed by atoms with Gasteiger partial charge in [-0.3, -0.25) is 4.90 Å². The summed E-state index contributed by atoms with van der Waals surface area (Å²) in [6.45, 7) is 19.3. The van der Waals surface area contributed by atoms with Gasteiger partial charge in [-0.25, -0.2) is 13.8 Å². The summed E-state index contributed by atoms with van der Waals surface area (Å²) in [7, 11) is 0. The summed E-state index contributed by atoms with van der Waals surface area (Å²) in [5, 5.41) is 0. The summed E-state index contributed by atoms with van der Waals surface area (Å²) in [5.41, 5.74) is 5.50. The number of piperazine rings is 1. The highest BCUT2D eigenvalue weighted by atomic mass is 19.1. The van der Waals surface area contributed by atoms with Gasteiger partial charge >= 0.3 is 0 Å². The molecule has 0 radical (unpaired) electrons. The van der Waals surface area contributed by atoms with Crippen molar-refractivity contribution in [3.05, 3.63) is 72.1 Å². The van der Waals surface area contributed by atoms with Crippen LogP contribution in [-0.4, -0.2) is 68.3 Å². The van der Waals surface area contributed by atoms with Gasteiger partial charge in [-0.2, -0.15) is 0 Å². The standard InChI is InChI=1S/C34H44F2N6/c1-5-8-26-22-40(13-6-2)33-29(25(26)4)21-31(36)34(37-33)41-15-12-28(23-41)38-16-18-39(19-17-38)32-11-10-27(20-30(32)35)42-14-7-9-24(42)3/h10-11,20-22,28H,3-9,12-19,23H2,1-2H3. The fourth-order valence-electron chi connectivity index (χ4n) is 7.06. The number of benzene rings is 1. The molecule has 4 aliphatic rings. The van der Waals surface area contributed by atoms with E-state index in [0.29, 0.717) is 17.5 Å². The van der Waals surface area contributed by atoms with Crippen molar-refractivity contribution in [2.24, 2.45) is 0 Å². The summed E-state index contributed by atoms with van der Waals surface area (Å²) in [6, 6.07) is 7.58. The van der Waals surface area contributed by atoms with E-state index in [9.17, 15) is 0 Å². The monoisotopic (exact) mass is 574 g/mol. The van der Waals surface area contributed by atoms with Crippen LogP contribution in [0.15, 0.2) is 54.9 Å². The lowest BCUT2D eigenvalue weighted by Crippen LogP contribution is -2.51. The molecule has 3 fully saturated rings. The number of allylic oxidation sites excluding steroid dienone is 3. The van der Waals surface area contributed by atoms with E-state index in [-0.39, 0.29) is 11.6 Å². The lowest BCUT2D eigenvalue weighted by atomic mass is 9.94. The second-order valence-electron chi connectivity index (χ2n) is 12.1. The Morgan fingerprint density at radius 1 is 0.905 bits per heavy atom. The van der Waals surface area contributed by atoms with E-state index in [0.717, 1.165) is 119 Å². The molecule has 1 aromatic heterocycles. The Hall–Kier alpha value is -3.39. The molecule has 1 aromatic carbocycles. The Labute approximate surface area is 249 Å². The first-order chi connectivity index (χ1) is 20.4. The van der Waals surface area contributed by atoms with Gasteiger partial charge in [-0.15, -0.1) is 0 Å². The second kappa shape index (κ2) is 12.1. The number of fused-ring (bicyclic) bond motifs is 1. The maximum atomic E-state index is 15.6. The van der Waals surface area contributed by atoms with Gasteiger partial charge in [0.05, 0.1) is 5.69 Å². The molecular formula is C34H44F2N6. The minimum absolute atomic E-state index is 0.168. The van der Waals surface area contributed by atoms with Crippen LogP contribution in [0.1, 0.15) is 57.9 Å². The van der Waals surface area contributed by atoms with Gasteiger partial charge in [0.1, 0.15) is 11.6 Å². The first kappa shape index (κ1) is 28.7.